The van der Waals surface area contributed by atoms with Crippen molar-refractivity contribution in [3.63, 3.8) is 0 Å². The molecular weight excluding hydrogens is 626 g/mol. The minimum absolute atomic E-state index is 0.106. The Morgan fingerprint density at radius 3 is 1.70 bits per heavy atom. The lowest BCUT2D eigenvalue weighted by Gasteiger charge is -2.19. The maximum absolute atomic E-state index is 13.6. The molecule has 0 amide bonds. The number of carbonyl (C=O) groups excluding carboxylic acids is 3. The summed E-state index contributed by atoms with van der Waals surface area (Å²) in [6, 6.07) is 19.5. The number of rotatable bonds is 19. The van der Waals surface area contributed by atoms with Gasteiger partial charge in [-0.25, -0.2) is 0 Å². The Morgan fingerprint density at radius 1 is 0.620 bits per heavy atom. The van der Waals surface area contributed by atoms with Crippen LogP contribution in [0.15, 0.2) is 66.7 Å². The first kappa shape index (κ1) is 36.5. The smallest absolute Gasteiger partial charge is 0.227 e. The van der Waals surface area contributed by atoms with E-state index in [0.717, 1.165) is 76.3 Å². The summed E-state index contributed by atoms with van der Waals surface area (Å²) in [5.41, 5.74) is 3.28. The van der Waals surface area contributed by atoms with Crippen molar-refractivity contribution in [1.29, 1.82) is 0 Å². The number of nitrogens with zero attached hydrogens (tertiary/aromatic N) is 5. The van der Waals surface area contributed by atoms with Gasteiger partial charge < -0.3 is 20.4 Å². The number of ketones is 3. The molecule has 0 atom stereocenters. The Morgan fingerprint density at radius 2 is 1.14 bits per heavy atom. The fourth-order valence-electron chi connectivity index (χ4n) is 6.36. The zero-order chi connectivity index (χ0) is 35.5. The maximum atomic E-state index is 13.6. The molecule has 10 heteroatoms. The number of nitrogens with one attached hydrogen (secondary N) is 2. The monoisotopic (exact) mass is 675 g/mol. The molecule has 262 valence electrons. The lowest BCUT2D eigenvalue weighted by atomic mass is 9.80. The molecule has 1 aromatic heterocycles. The molecule has 4 aromatic rings. The van der Waals surface area contributed by atoms with E-state index >= 15 is 0 Å². The lowest BCUT2D eigenvalue weighted by Crippen LogP contribution is -2.26. The number of hydrogen-bond acceptors (Lipinski definition) is 10. The molecule has 10 nitrogen and oxygen atoms in total. The second kappa shape index (κ2) is 17.7. The van der Waals surface area contributed by atoms with Gasteiger partial charge in [0.2, 0.25) is 11.9 Å². The van der Waals surface area contributed by atoms with Gasteiger partial charge in [-0.1, -0.05) is 94.4 Å². The van der Waals surface area contributed by atoms with Crippen LogP contribution in [0.5, 0.6) is 0 Å². The van der Waals surface area contributed by atoms with Crippen LogP contribution in [-0.4, -0.2) is 94.5 Å². The number of aromatic nitrogens is 3. The zero-order valence-corrected chi connectivity index (χ0v) is 29.8. The molecule has 1 aliphatic carbocycles. The van der Waals surface area contributed by atoms with Gasteiger partial charge in [-0.05, 0) is 63.2 Å². The Labute approximate surface area is 295 Å². The van der Waals surface area contributed by atoms with Gasteiger partial charge in [0.25, 0.3) is 0 Å². The number of carbonyl (C=O) groups is 3. The molecule has 0 radical (unpaired) electrons. The predicted molar refractivity (Wildman–Crippen MR) is 199 cm³/mol. The molecule has 0 saturated carbocycles. The third-order valence-corrected chi connectivity index (χ3v) is 9.34. The van der Waals surface area contributed by atoms with Crippen LogP contribution in [0.25, 0.3) is 0 Å². The van der Waals surface area contributed by atoms with Crippen LogP contribution in [0, 0.1) is 0 Å². The third kappa shape index (κ3) is 9.05. The molecule has 5 rings (SSSR count). The van der Waals surface area contributed by atoms with Crippen molar-refractivity contribution in [2.45, 2.75) is 53.4 Å². The highest BCUT2D eigenvalue weighted by atomic mass is 16.1. The van der Waals surface area contributed by atoms with Gasteiger partial charge in [0.05, 0.1) is 0 Å². The molecule has 0 fully saturated rings. The van der Waals surface area contributed by atoms with E-state index in [9.17, 15) is 14.4 Å². The fourth-order valence-corrected chi connectivity index (χ4v) is 6.36. The molecule has 1 heterocycles. The minimum atomic E-state index is -0.289. The molecule has 1 aliphatic rings. The average Bonchev–Trinajstić information content (AvgIpc) is 3.14. The van der Waals surface area contributed by atoms with Gasteiger partial charge in [-0.15, -0.1) is 0 Å². The molecule has 50 heavy (non-hydrogen) atoms. The zero-order valence-electron chi connectivity index (χ0n) is 29.8. The van der Waals surface area contributed by atoms with Crippen LogP contribution in [0.4, 0.5) is 11.9 Å². The predicted octanol–water partition coefficient (Wildman–Crippen LogP) is 5.95. The van der Waals surface area contributed by atoms with Crippen LogP contribution in [-0.2, 0) is 12.8 Å². The van der Waals surface area contributed by atoms with Crippen molar-refractivity contribution in [2.24, 2.45) is 0 Å². The Hall–Kier alpha value is -4.80. The van der Waals surface area contributed by atoms with Crippen molar-refractivity contribution in [1.82, 2.24) is 24.8 Å². The molecule has 2 N–H and O–H groups in total. The van der Waals surface area contributed by atoms with Crippen molar-refractivity contribution >= 4 is 29.2 Å². The largest absolute Gasteiger partial charge is 0.354 e. The van der Waals surface area contributed by atoms with Crippen LogP contribution in [0.1, 0.15) is 99.7 Å². The normalized spacial score (nSPS) is 12.3. The first-order chi connectivity index (χ1) is 24.3. The Kier molecular flexibility index (Phi) is 12.9. The van der Waals surface area contributed by atoms with E-state index in [1.54, 1.807) is 42.5 Å². The van der Waals surface area contributed by atoms with Crippen molar-refractivity contribution < 1.29 is 14.4 Å². The summed E-state index contributed by atoms with van der Waals surface area (Å²) in [5.74, 6) is 1.04. The molecular formula is C40H49N7O3. The van der Waals surface area contributed by atoms with Crippen LogP contribution in [0.2, 0.25) is 0 Å². The summed E-state index contributed by atoms with van der Waals surface area (Å²) >= 11 is 0. The van der Waals surface area contributed by atoms with Crippen LogP contribution in [0.3, 0.4) is 0 Å². The number of anilines is 2. The summed E-state index contributed by atoms with van der Waals surface area (Å²) in [6.07, 6.45) is 2.58. The summed E-state index contributed by atoms with van der Waals surface area (Å²) in [6.45, 7) is 16.4. The van der Waals surface area contributed by atoms with Gasteiger partial charge in [0, 0.05) is 53.7 Å². The number of Topliss-reactive ketones (excluding diaryl/α,β-unsaturated/α-hetero) is 1. The summed E-state index contributed by atoms with van der Waals surface area (Å²) in [7, 11) is 0. The first-order valence-electron chi connectivity index (χ1n) is 17.9. The van der Waals surface area contributed by atoms with E-state index < -0.39 is 0 Å². The summed E-state index contributed by atoms with van der Waals surface area (Å²) < 4.78 is 0. The molecule has 0 unspecified atom stereocenters. The van der Waals surface area contributed by atoms with Crippen molar-refractivity contribution in [2.75, 3.05) is 63.0 Å². The molecule has 0 saturated heterocycles. The van der Waals surface area contributed by atoms with Crippen molar-refractivity contribution in [3.05, 3.63) is 111 Å². The van der Waals surface area contributed by atoms with E-state index in [1.165, 1.54) is 0 Å². The highest BCUT2D eigenvalue weighted by Gasteiger charge is 2.32. The lowest BCUT2D eigenvalue weighted by molar-refractivity contribution is 0.0961. The molecule has 0 aliphatic heterocycles. The summed E-state index contributed by atoms with van der Waals surface area (Å²) in [5, 5.41) is 6.80. The molecule has 3 aromatic carbocycles. The third-order valence-electron chi connectivity index (χ3n) is 9.34. The van der Waals surface area contributed by atoms with E-state index in [2.05, 4.69) is 53.1 Å². The second-order valence-corrected chi connectivity index (χ2v) is 12.5. The van der Waals surface area contributed by atoms with Gasteiger partial charge in [-0.3, -0.25) is 14.4 Å². The average molecular weight is 676 g/mol. The maximum Gasteiger partial charge on any atom is 0.227 e. The van der Waals surface area contributed by atoms with E-state index in [0.29, 0.717) is 35.3 Å². The Balaban J connectivity index is 1.26. The Bertz CT molecular complexity index is 1740. The molecule has 0 spiro atoms. The van der Waals surface area contributed by atoms with Gasteiger partial charge in [0.1, 0.15) is 5.82 Å². The van der Waals surface area contributed by atoms with Gasteiger partial charge in [0.15, 0.2) is 17.3 Å². The van der Waals surface area contributed by atoms with E-state index in [-0.39, 0.29) is 40.5 Å². The van der Waals surface area contributed by atoms with Crippen LogP contribution < -0.4 is 10.6 Å². The number of hydrogen-bond donors (Lipinski definition) is 2. The molecule has 0 bridgehead atoms. The standard InChI is InChI=1S/C40H49N7O3/c1-5-46(6-2)24-12-22-41-39-43-35(44-40(45-39)42-23-13-25-47(7-3)8-4)27-29-20-18-28(19-21-29)26-34(48)32-16-11-17-33-36(32)38(50)31-15-10-9-14-30(31)37(33)49/h9-11,14-21H,5-8,12-13,22-27H2,1-4H3,(H2,41,42,43,44,45). The fraction of sp³-hybridized carbons (Fsp3) is 0.400. The van der Waals surface area contributed by atoms with Gasteiger partial charge >= 0.3 is 0 Å². The number of benzene rings is 3. The first-order valence-corrected chi connectivity index (χ1v) is 17.9. The highest BCUT2D eigenvalue weighted by Crippen LogP contribution is 2.30. The summed E-state index contributed by atoms with van der Waals surface area (Å²) in [4.78, 5) is 59.1. The van der Waals surface area contributed by atoms with Crippen molar-refractivity contribution in [3.8, 4) is 0 Å². The number of fused-ring (bicyclic) bond motifs is 2. The second-order valence-electron chi connectivity index (χ2n) is 12.5. The SMILES string of the molecule is CCN(CC)CCCNc1nc(Cc2ccc(CC(=O)c3cccc4c3C(=O)c3ccccc3C4=O)cc2)nc(NCCCN(CC)CC)n1. The van der Waals surface area contributed by atoms with E-state index in [1.807, 2.05) is 24.3 Å². The van der Waals surface area contributed by atoms with E-state index in [4.69, 9.17) is 9.97 Å². The minimum Gasteiger partial charge on any atom is -0.354 e. The van der Waals surface area contributed by atoms with Gasteiger partial charge in [-0.2, -0.15) is 15.0 Å². The van der Waals surface area contributed by atoms with Crippen LogP contribution >= 0.6 is 0 Å². The quantitative estimate of drug-likeness (QED) is 0.0803. The highest BCUT2D eigenvalue weighted by molar-refractivity contribution is 6.30. The topological polar surface area (TPSA) is 120 Å².